The Morgan fingerprint density at radius 2 is 1.72 bits per heavy atom. The van der Waals surface area contributed by atoms with Crippen molar-refractivity contribution in [1.82, 2.24) is 9.62 Å². The van der Waals surface area contributed by atoms with Crippen molar-refractivity contribution >= 4 is 22.0 Å². The van der Waals surface area contributed by atoms with E-state index in [4.69, 9.17) is 4.42 Å². The van der Waals surface area contributed by atoms with E-state index in [1.807, 2.05) is 26.0 Å². The first kappa shape index (κ1) is 21.3. The van der Waals surface area contributed by atoms with Gasteiger partial charge in [0.05, 0.1) is 10.9 Å². The standard InChI is InChI=1S/C22H28N2O4S/c1-17-7-13-21(28-17)18(2)23-22(25)14-10-19-8-11-20(12-9-19)29(26,27)24-15-5-3-4-6-16-24/h7-14,18H,3-6,15-16H2,1-2H3,(H,23,25)/b14-10+. The predicted molar refractivity (Wildman–Crippen MR) is 113 cm³/mol. The topological polar surface area (TPSA) is 79.6 Å². The third-order valence-electron chi connectivity index (χ3n) is 5.06. The van der Waals surface area contributed by atoms with E-state index < -0.39 is 10.0 Å². The summed E-state index contributed by atoms with van der Waals surface area (Å²) in [7, 11) is -3.46. The van der Waals surface area contributed by atoms with Gasteiger partial charge in [0.2, 0.25) is 15.9 Å². The highest BCUT2D eigenvalue weighted by molar-refractivity contribution is 7.89. The lowest BCUT2D eigenvalue weighted by atomic mass is 10.2. The van der Waals surface area contributed by atoms with E-state index in [1.165, 1.54) is 6.08 Å². The van der Waals surface area contributed by atoms with Crippen molar-refractivity contribution in [3.05, 3.63) is 59.6 Å². The number of hydrogen-bond acceptors (Lipinski definition) is 4. The Hall–Kier alpha value is -2.38. The zero-order chi connectivity index (χ0) is 20.9. The lowest BCUT2D eigenvalue weighted by Gasteiger charge is -2.19. The van der Waals surface area contributed by atoms with Crippen LogP contribution in [0.15, 0.2) is 51.8 Å². The Morgan fingerprint density at radius 3 is 2.31 bits per heavy atom. The second-order valence-corrected chi connectivity index (χ2v) is 9.34. The summed E-state index contributed by atoms with van der Waals surface area (Å²) >= 11 is 0. The Labute approximate surface area is 172 Å². The quantitative estimate of drug-likeness (QED) is 0.721. The molecule has 0 saturated carbocycles. The van der Waals surface area contributed by atoms with E-state index in [0.717, 1.165) is 37.0 Å². The molecule has 1 unspecified atom stereocenters. The lowest BCUT2D eigenvalue weighted by molar-refractivity contribution is -0.117. The zero-order valence-corrected chi connectivity index (χ0v) is 17.7. The molecule has 1 amide bonds. The first-order valence-corrected chi connectivity index (χ1v) is 11.5. The van der Waals surface area contributed by atoms with Crippen LogP contribution in [0.4, 0.5) is 0 Å². The summed E-state index contributed by atoms with van der Waals surface area (Å²) in [6, 6.07) is 10.1. The number of hydrogen-bond donors (Lipinski definition) is 1. The van der Waals surface area contributed by atoms with Crippen LogP contribution >= 0.6 is 0 Å². The van der Waals surface area contributed by atoms with Crippen LogP contribution in [-0.4, -0.2) is 31.7 Å². The molecular weight excluding hydrogens is 388 g/mol. The molecule has 7 heteroatoms. The van der Waals surface area contributed by atoms with E-state index in [1.54, 1.807) is 34.6 Å². The number of benzene rings is 1. The molecule has 1 saturated heterocycles. The van der Waals surface area contributed by atoms with E-state index in [-0.39, 0.29) is 11.9 Å². The Morgan fingerprint density at radius 1 is 1.07 bits per heavy atom. The molecular formula is C22H28N2O4S. The normalized spacial score (nSPS) is 17.2. The van der Waals surface area contributed by atoms with E-state index >= 15 is 0 Å². The average Bonchev–Trinajstić information content (AvgIpc) is 2.96. The second kappa shape index (κ2) is 9.41. The van der Waals surface area contributed by atoms with Crippen molar-refractivity contribution in [3.8, 4) is 0 Å². The van der Waals surface area contributed by atoms with Gasteiger partial charge >= 0.3 is 0 Å². The van der Waals surface area contributed by atoms with Gasteiger partial charge in [-0.05, 0) is 62.6 Å². The number of aryl methyl sites for hydroxylation is 1. The van der Waals surface area contributed by atoms with Crippen LogP contribution in [0.5, 0.6) is 0 Å². The number of rotatable bonds is 6. The first-order chi connectivity index (χ1) is 13.9. The first-order valence-electron chi connectivity index (χ1n) is 10.0. The van der Waals surface area contributed by atoms with Gasteiger partial charge in [0, 0.05) is 19.2 Å². The molecule has 1 fully saturated rings. The van der Waals surface area contributed by atoms with Crippen molar-refractivity contribution in [2.75, 3.05) is 13.1 Å². The maximum atomic E-state index is 12.8. The highest BCUT2D eigenvalue weighted by Gasteiger charge is 2.24. The number of carbonyl (C=O) groups is 1. The summed E-state index contributed by atoms with van der Waals surface area (Å²) in [6.07, 6.45) is 7.07. The number of nitrogens with one attached hydrogen (secondary N) is 1. The molecule has 1 aliphatic heterocycles. The SMILES string of the molecule is Cc1ccc(C(C)NC(=O)/C=C/c2ccc(S(=O)(=O)N3CCCCCC3)cc2)o1. The van der Waals surface area contributed by atoms with Crippen LogP contribution in [0.1, 0.15) is 55.7 Å². The number of carbonyl (C=O) groups excluding carboxylic acids is 1. The Bertz CT molecular complexity index is 953. The van der Waals surface area contributed by atoms with Gasteiger partial charge in [-0.1, -0.05) is 25.0 Å². The molecule has 3 rings (SSSR count). The van der Waals surface area contributed by atoms with Gasteiger partial charge in [0.1, 0.15) is 11.5 Å². The minimum atomic E-state index is -3.46. The highest BCUT2D eigenvalue weighted by atomic mass is 32.2. The summed E-state index contributed by atoms with van der Waals surface area (Å²) < 4.78 is 32.7. The lowest BCUT2D eigenvalue weighted by Crippen LogP contribution is -2.31. The predicted octanol–water partition coefficient (Wildman–Crippen LogP) is 4.04. The Balaban J connectivity index is 1.61. The van der Waals surface area contributed by atoms with Gasteiger partial charge in [-0.3, -0.25) is 4.79 Å². The highest BCUT2D eigenvalue weighted by Crippen LogP contribution is 2.21. The fourth-order valence-electron chi connectivity index (χ4n) is 3.37. The molecule has 1 N–H and O–H groups in total. The van der Waals surface area contributed by atoms with Crippen LogP contribution in [-0.2, 0) is 14.8 Å². The molecule has 6 nitrogen and oxygen atoms in total. The maximum Gasteiger partial charge on any atom is 0.244 e. The molecule has 2 aromatic rings. The molecule has 2 heterocycles. The molecule has 0 aliphatic carbocycles. The number of amides is 1. The summed E-state index contributed by atoms with van der Waals surface area (Å²) in [6.45, 7) is 4.87. The minimum Gasteiger partial charge on any atom is -0.464 e. The van der Waals surface area contributed by atoms with Gasteiger partial charge < -0.3 is 9.73 Å². The summed E-state index contributed by atoms with van der Waals surface area (Å²) in [5, 5.41) is 2.84. The fourth-order valence-corrected chi connectivity index (χ4v) is 4.89. The molecule has 1 aliphatic rings. The molecule has 1 atom stereocenters. The molecule has 0 radical (unpaired) electrons. The number of nitrogens with zero attached hydrogens (tertiary/aromatic N) is 1. The van der Waals surface area contributed by atoms with Crippen molar-refractivity contribution in [2.45, 2.75) is 50.5 Å². The van der Waals surface area contributed by atoms with Gasteiger partial charge in [-0.2, -0.15) is 4.31 Å². The molecule has 156 valence electrons. The van der Waals surface area contributed by atoms with Gasteiger partial charge in [-0.15, -0.1) is 0 Å². The van der Waals surface area contributed by atoms with Gasteiger partial charge in [-0.25, -0.2) is 8.42 Å². The largest absolute Gasteiger partial charge is 0.464 e. The molecule has 0 spiro atoms. The monoisotopic (exact) mass is 416 g/mol. The second-order valence-electron chi connectivity index (χ2n) is 7.40. The molecule has 1 aromatic heterocycles. The summed E-state index contributed by atoms with van der Waals surface area (Å²) in [5.74, 6) is 1.26. The van der Waals surface area contributed by atoms with Crippen molar-refractivity contribution in [2.24, 2.45) is 0 Å². The third kappa shape index (κ3) is 5.58. The van der Waals surface area contributed by atoms with Gasteiger partial charge in [0.15, 0.2) is 0 Å². The van der Waals surface area contributed by atoms with Crippen molar-refractivity contribution < 1.29 is 17.6 Å². The van der Waals surface area contributed by atoms with Crippen LogP contribution in [0.3, 0.4) is 0 Å². The minimum absolute atomic E-state index is 0.234. The maximum absolute atomic E-state index is 12.8. The van der Waals surface area contributed by atoms with Crippen LogP contribution in [0.2, 0.25) is 0 Å². The molecule has 29 heavy (non-hydrogen) atoms. The molecule has 1 aromatic carbocycles. The van der Waals surface area contributed by atoms with Crippen LogP contribution in [0, 0.1) is 6.92 Å². The third-order valence-corrected chi connectivity index (χ3v) is 6.97. The smallest absolute Gasteiger partial charge is 0.244 e. The zero-order valence-electron chi connectivity index (χ0n) is 16.9. The van der Waals surface area contributed by atoms with Crippen molar-refractivity contribution in [1.29, 1.82) is 0 Å². The molecule has 0 bridgehead atoms. The van der Waals surface area contributed by atoms with Crippen molar-refractivity contribution in [3.63, 3.8) is 0 Å². The van der Waals surface area contributed by atoms with E-state index in [9.17, 15) is 13.2 Å². The average molecular weight is 417 g/mol. The van der Waals surface area contributed by atoms with E-state index in [0.29, 0.717) is 23.7 Å². The van der Waals surface area contributed by atoms with E-state index in [2.05, 4.69) is 5.32 Å². The van der Waals surface area contributed by atoms with Crippen LogP contribution < -0.4 is 5.32 Å². The summed E-state index contributed by atoms with van der Waals surface area (Å²) in [5.41, 5.74) is 0.761. The Kier molecular flexibility index (Phi) is 6.92. The number of sulfonamides is 1. The van der Waals surface area contributed by atoms with Crippen LogP contribution in [0.25, 0.3) is 6.08 Å². The number of furan rings is 1. The summed E-state index contributed by atoms with van der Waals surface area (Å²) in [4.78, 5) is 12.4. The fraction of sp³-hybridized carbons (Fsp3) is 0.409. The van der Waals surface area contributed by atoms with Gasteiger partial charge in [0.25, 0.3) is 0 Å².